The van der Waals surface area contributed by atoms with Crippen LogP contribution >= 0.6 is 35.3 Å². The predicted octanol–water partition coefficient (Wildman–Crippen LogP) is 2.57. The van der Waals surface area contributed by atoms with E-state index in [0.717, 1.165) is 57.8 Å². The maximum absolute atomic E-state index is 4.36. The molecule has 2 aromatic heterocycles. The summed E-state index contributed by atoms with van der Waals surface area (Å²) < 4.78 is 2.01. The second-order valence-corrected chi connectivity index (χ2v) is 7.19. The van der Waals surface area contributed by atoms with Crippen molar-refractivity contribution in [3.05, 3.63) is 30.2 Å². The number of piperidine rings is 1. The third-order valence-corrected chi connectivity index (χ3v) is 5.41. The van der Waals surface area contributed by atoms with Crippen LogP contribution in [0.2, 0.25) is 0 Å². The van der Waals surface area contributed by atoms with E-state index < -0.39 is 0 Å². The summed E-state index contributed by atoms with van der Waals surface area (Å²) in [6, 6.07) is 4.83. The van der Waals surface area contributed by atoms with Crippen molar-refractivity contribution in [3.63, 3.8) is 0 Å². The maximum atomic E-state index is 4.36. The minimum Gasteiger partial charge on any atom is -0.363 e. The zero-order valence-corrected chi connectivity index (χ0v) is 18.3. The number of aromatic nitrogens is 3. The Morgan fingerprint density at radius 2 is 2.04 bits per heavy atom. The van der Waals surface area contributed by atoms with Gasteiger partial charge in [-0.1, -0.05) is 0 Å². The van der Waals surface area contributed by atoms with Crippen molar-refractivity contribution in [2.75, 3.05) is 31.6 Å². The van der Waals surface area contributed by atoms with Crippen molar-refractivity contribution in [1.82, 2.24) is 25.4 Å². The zero-order chi connectivity index (χ0) is 17.3. The Morgan fingerprint density at radius 3 is 2.69 bits per heavy atom. The lowest BCUT2D eigenvalue weighted by molar-refractivity contribution is 0.462. The molecule has 0 saturated carbocycles. The summed E-state index contributed by atoms with van der Waals surface area (Å²) in [6.07, 6.45) is 8.00. The third-order valence-electron chi connectivity index (χ3n) is 4.48. The number of guanidine groups is 1. The largest absolute Gasteiger partial charge is 0.363 e. The number of hydrogen-bond donors (Lipinski definition) is 2. The van der Waals surface area contributed by atoms with Gasteiger partial charge in [0.2, 0.25) is 0 Å². The molecule has 9 heteroatoms. The highest BCUT2D eigenvalue weighted by Gasteiger charge is 2.20. The minimum absolute atomic E-state index is 0. The number of nitrogens with zero attached hydrogens (tertiary/aromatic N) is 5. The first-order chi connectivity index (χ1) is 12.3. The highest BCUT2D eigenvalue weighted by molar-refractivity contribution is 14.0. The molecular weight excluding hydrogens is 461 g/mol. The minimum atomic E-state index is 0. The van der Waals surface area contributed by atoms with E-state index in [1.165, 1.54) is 5.00 Å². The van der Waals surface area contributed by atoms with E-state index in [1.807, 2.05) is 23.0 Å². The van der Waals surface area contributed by atoms with E-state index in [1.54, 1.807) is 12.7 Å². The van der Waals surface area contributed by atoms with E-state index in [4.69, 9.17) is 0 Å². The third kappa shape index (κ3) is 6.42. The van der Waals surface area contributed by atoms with Crippen LogP contribution in [0.3, 0.4) is 0 Å². The van der Waals surface area contributed by atoms with Gasteiger partial charge in [0.15, 0.2) is 5.96 Å². The van der Waals surface area contributed by atoms with Crippen molar-refractivity contribution in [1.29, 1.82) is 0 Å². The van der Waals surface area contributed by atoms with Gasteiger partial charge in [-0.25, -0.2) is 0 Å². The smallest absolute Gasteiger partial charge is 0.191 e. The van der Waals surface area contributed by atoms with Gasteiger partial charge in [0.1, 0.15) is 12.7 Å². The number of aryl methyl sites for hydroxylation is 1. The second-order valence-electron chi connectivity index (χ2n) is 6.26. The molecule has 0 aliphatic carbocycles. The van der Waals surface area contributed by atoms with Crippen molar-refractivity contribution in [2.45, 2.75) is 38.3 Å². The molecule has 7 nitrogen and oxygen atoms in total. The fourth-order valence-corrected chi connectivity index (χ4v) is 3.83. The lowest BCUT2D eigenvalue weighted by Gasteiger charge is -2.33. The molecule has 0 aromatic carbocycles. The number of hydrogen-bond acceptors (Lipinski definition) is 5. The molecule has 0 radical (unpaired) electrons. The van der Waals surface area contributed by atoms with Gasteiger partial charge in [-0.05, 0) is 43.2 Å². The number of unbranched alkanes of at least 4 members (excludes halogenated alkanes) is 1. The van der Waals surface area contributed by atoms with Crippen LogP contribution in [0, 0.1) is 0 Å². The van der Waals surface area contributed by atoms with Gasteiger partial charge in [0, 0.05) is 39.3 Å². The number of rotatable bonds is 7. The van der Waals surface area contributed by atoms with Gasteiger partial charge < -0.3 is 20.1 Å². The van der Waals surface area contributed by atoms with Crippen molar-refractivity contribution >= 4 is 46.3 Å². The lowest BCUT2D eigenvalue weighted by Crippen LogP contribution is -2.48. The van der Waals surface area contributed by atoms with Gasteiger partial charge in [0.25, 0.3) is 0 Å². The summed E-state index contributed by atoms with van der Waals surface area (Å²) in [5.74, 6) is 0.916. The molecule has 1 aliphatic heterocycles. The average molecular weight is 489 g/mol. The average Bonchev–Trinajstić information content (AvgIpc) is 3.35. The fourth-order valence-electron chi connectivity index (χ4n) is 3.05. The van der Waals surface area contributed by atoms with E-state index in [0.29, 0.717) is 6.04 Å². The van der Waals surface area contributed by atoms with Crippen molar-refractivity contribution < 1.29 is 0 Å². The second kappa shape index (κ2) is 11.4. The van der Waals surface area contributed by atoms with Crippen molar-refractivity contribution in [3.8, 4) is 0 Å². The summed E-state index contributed by atoms with van der Waals surface area (Å²) in [6.45, 7) is 4.10. The molecule has 3 rings (SSSR count). The van der Waals surface area contributed by atoms with E-state index in [-0.39, 0.29) is 24.0 Å². The molecule has 0 spiro atoms. The van der Waals surface area contributed by atoms with Crippen LogP contribution < -0.4 is 15.5 Å². The summed E-state index contributed by atoms with van der Waals surface area (Å²) in [4.78, 5) is 6.83. The normalized spacial score (nSPS) is 15.6. The molecular formula is C17H28IN7S. The molecule has 2 N–H and O–H groups in total. The first kappa shape index (κ1) is 20.9. The molecule has 26 heavy (non-hydrogen) atoms. The molecule has 0 amide bonds. The highest BCUT2D eigenvalue weighted by Crippen LogP contribution is 2.24. The molecule has 3 heterocycles. The molecule has 0 unspecified atom stereocenters. The number of halogens is 1. The first-order valence-electron chi connectivity index (χ1n) is 8.93. The van der Waals surface area contributed by atoms with Crippen LogP contribution in [-0.4, -0.2) is 53.4 Å². The van der Waals surface area contributed by atoms with Crippen LogP contribution in [-0.2, 0) is 6.54 Å². The molecule has 2 aromatic rings. The maximum Gasteiger partial charge on any atom is 0.191 e. The number of thiophene rings is 1. The summed E-state index contributed by atoms with van der Waals surface area (Å²) in [5, 5.41) is 18.1. The van der Waals surface area contributed by atoms with Crippen LogP contribution in [0.5, 0.6) is 0 Å². The van der Waals surface area contributed by atoms with Gasteiger partial charge in [-0.2, -0.15) is 0 Å². The monoisotopic (exact) mass is 489 g/mol. The van der Waals surface area contributed by atoms with Gasteiger partial charge in [-0.3, -0.25) is 4.99 Å². The van der Waals surface area contributed by atoms with E-state index in [9.17, 15) is 0 Å². The Hall–Kier alpha value is -1.36. The molecule has 1 fully saturated rings. The van der Waals surface area contributed by atoms with Gasteiger partial charge >= 0.3 is 0 Å². The number of anilines is 1. The quantitative estimate of drug-likeness (QED) is 0.271. The van der Waals surface area contributed by atoms with E-state index in [2.05, 4.69) is 48.2 Å². The highest BCUT2D eigenvalue weighted by atomic mass is 127. The van der Waals surface area contributed by atoms with Crippen LogP contribution in [0.1, 0.15) is 25.7 Å². The standard InChI is InChI=1S/C17H27N7S.HI/c1-18-17(19-8-2-3-9-23-13-20-21-14-23)22-15-6-10-24(11-7-15)16-5-4-12-25-16;/h4-5,12-15H,2-3,6-11H2,1H3,(H2,18,19,22);1H. The molecule has 0 atom stereocenters. The Morgan fingerprint density at radius 1 is 1.27 bits per heavy atom. The molecule has 1 saturated heterocycles. The summed E-state index contributed by atoms with van der Waals surface area (Å²) in [7, 11) is 1.84. The Kier molecular flexibility index (Phi) is 9.16. The number of nitrogens with one attached hydrogen (secondary N) is 2. The molecule has 144 valence electrons. The summed E-state index contributed by atoms with van der Waals surface area (Å²) >= 11 is 1.82. The zero-order valence-electron chi connectivity index (χ0n) is 15.2. The lowest BCUT2D eigenvalue weighted by atomic mass is 10.1. The fraction of sp³-hybridized carbons (Fsp3) is 0.588. The van der Waals surface area contributed by atoms with Gasteiger partial charge in [0.05, 0.1) is 5.00 Å². The Labute approximate surface area is 176 Å². The Bertz CT molecular complexity index is 622. The molecule has 0 bridgehead atoms. The van der Waals surface area contributed by atoms with Crippen LogP contribution in [0.4, 0.5) is 5.00 Å². The van der Waals surface area contributed by atoms with Crippen LogP contribution in [0.25, 0.3) is 0 Å². The topological polar surface area (TPSA) is 70.4 Å². The van der Waals surface area contributed by atoms with Crippen molar-refractivity contribution in [2.24, 2.45) is 4.99 Å². The number of aliphatic imine (C=N–C) groups is 1. The molecule has 1 aliphatic rings. The van der Waals surface area contributed by atoms with Gasteiger partial charge in [-0.15, -0.1) is 45.5 Å². The van der Waals surface area contributed by atoms with E-state index >= 15 is 0 Å². The summed E-state index contributed by atoms with van der Waals surface area (Å²) in [5.41, 5.74) is 0. The van der Waals surface area contributed by atoms with Crippen LogP contribution in [0.15, 0.2) is 35.2 Å². The SMILES string of the molecule is CN=C(NCCCCn1cnnc1)NC1CCN(c2cccs2)CC1.I. The first-order valence-corrected chi connectivity index (χ1v) is 9.81. The Balaban J connectivity index is 0.00000243. The predicted molar refractivity (Wildman–Crippen MR) is 119 cm³/mol.